The molecule has 0 saturated carbocycles. The van der Waals surface area contributed by atoms with Gasteiger partial charge in [-0.05, 0) is 43.2 Å². The molecule has 8 heteroatoms. The van der Waals surface area contributed by atoms with E-state index in [-0.39, 0.29) is 48.0 Å². The molecule has 172 valence electrons. The number of aryl methyl sites for hydroxylation is 1. The maximum Gasteiger partial charge on any atom is 0.185 e. The molecule has 0 aliphatic carbocycles. The van der Waals surface area contributed by atoms with Crippen LogP contribution in [0.1, 0.15) is 28.0 Å². The van der Waals surface area contributed by atoms with Gasteiger partial charge in [-0.15, -0.1) is 0 Å². The lowest BCUT2D eigenvalue weighted by Gasteiger charge is -2.27. The number of ketones is 1. The fourth-order valence-corrected chi connectivity index (χ4v) is 4.35. The van der Waals surface area contributed by atoms with Gasteiger partial charge in [0, 0.05) is 30.9 Å². The second-order valence-corrected chi connectivity index (χ2v) is 8.30. The molecule has 1 saturated heterocycles. The number of aliphatic hydroxyl groups is 1. The van der Waals surface area contributed by atoms with Gasteiger partial charge >= 0.3 is 0 Å². The summed E-state index contributed by atoms with van der Waals surface area (Å²) in [6.45, 7) is 2.57. The number of nitrogens with two attached hydrogens (primary N) is 1. The summed E-state index contributed by atoms with van der Waals surface area (Å²) in [7, 11) is 1.44. The van der Waals surface area contributed by atoms with Crippen LogP contribution in [0, 0.1) is 12.7 Å². The highest BCUT2D eigenvalue weighted by Gasteiger charge is 2.31. The van der Waals surface area contributed by atoms with Crippen LogP contribution < -0.4 is 15.4 Å². The van der Waals surface area contributed by atoms with Crippen molar-refractivity contribution in [2.45, 2.75) is 31.8 Å². The van der Waals surface area contributed by atoms with Crippen molar-refractivity contribution < 1.29 is 19.0 Å². The van der Waals surface area contributed by atoms with Crippen molar-refractivity contribution in [1.82, 2.24) is 9.97 Å². The average Bonchev–Trinajstić information content (AvgIpc) is 3.19. The first kappa shape index (κ1) is 22.8. The number of carbonyl (C=O) groups excluding carboxylic acids is 1. The zero-order valence-corrected chi connectivity index (χ0v) is 18.7. The topological polar surface area (TPSA) is 102 Å². The largest absolute Gasteiger partial charge is 0.496 e. The van der Waals surface area contributed by atoms with Gasteiger partial charge in [-0.1, -0.05) is 23.8 Å². The quantitative estimate of drug-likeness (QED) is 0.534. The molecule has 0 bridgehead atoms. The molecule has 2 heterocycles. The molecule has 0 amide bonds. The fraction of sp³-hybridized carbons (Fsp3) is 0.320. The number of hydrogen-bond donors (Lipinski definition) is 2. The summed E-state index contributed by atoms with van der Waals surface area (Å²) in [4.78, 5) is 23.8. The second kappa shape index (κ2) is 9.64. The number of nitrogens with zero attached hydrogens (tertiary/aromatic N) is 3. The minimum Gasteiger partial charge on any atom is -0.496 e. The van der Waals surface area contributed by atoms with E-state index in [0.717, 1.165) is 16.8 Å². The Morgan fingerprint density at radius 1 is 1.30 bits per heavy atom. The van der Waals surface area contributed by atoms with E-state index in [4.69, 9.17) is 10.5 Å². The summed E-state index contributed by atoms with van der Waals surface area (Å²) in [5.41, 5.74) is 9.16. The summed E-state index contributed by atoms with van der Waals surface area (Å²) >= 11 is 0. The van der Waals surface area contributed by atoms with Crippen LogP contribution >= 0.6 is 0 Å². The van der Waals surface area contributed by atoms with E-state index in [9.17, 15) is 14.3 Å². The molecule has 7 nitrogen and oxygen atoms in total. The summed E-state index contributed by atoms with van der Waals surface area (Å²) < 4.78 is 19.7. The predicted octanol–water partition coefficient (Wildman–Crippen LogP) is 2.92. The third-order valence-electron chi connectivity index (χ3n) is 5.91. The SMILES string of the molecule is COc1cccc(F)c1-c1nccc(C(=O)Cc2cc(C)ccc2N2C[C@@H](N)C[C@H]2CO)n1. The van der Waals surface area contributed by atoms with Crippen molar-refractivity contribution >= 4 is 11.5 Å². The first-order valence-electron chi connectivity index (χ1n) is 10.8. The molecular weight excluding hydrogens is 423 g/mol. The molecule has 2 aromatic carbocycles. The van der Waals surface area contributed by atoms with E-state index in [1.165, 1.54) is 31.5 Å². The minimum absolute atomic E-state index is 0.00525. The Kier molecular flexibility index (Phi) is 6.67. The second-order valence-electron chi connectivity index (χ2n) is 8.30. The molecule has 1 aliphatic rings. The van der Waals surface area contributed by atoms with Gasteiger partial charge in [-0.3, -0.25) is 4.79 Å². The van der Waals surface area contributed by atoms with Crippen LogP contribution in [0.25, 0.3) is 11.4 Å². The van der Waals surface area contributed by atoms with Gasteiger partial charge in [-0.25, -0.2) is 14.4 Å². The number of Topliss-reactive ketones (excluding diaryl/α,β-unsaturated/α-hetero) is 1. The highest BCUT2D eigenvalue weighted by atomic mass is 19.1. The summed E-state index contributed by atoms with van der Waals surface area (Å²) in [6, 6.07) is 11.8. The van der Waals surface area contributed by atoms with Crippen LogP contribution in [0.2, 0.25) is 0 Å². The zero-order chi connectivity index (χ0) is 23.5. The Labute approximate surface area is 192 Å². The molecular formula is C25H27FN4O3. The van der Waals surface area contributed by atoms with Crippen molar-refractivity contribution in [3.63, 3.8) is 0 Å². The normalized spacial score (nSPS) is 17.9. The van der Waals surface area contributed by atoms with E-state index in [2.05, 4.69) is 14.9 Å². The highest BCUT2D eigenvalue weighted by molar-refractivity contribution is 5.97. The van der Waals surface area contributed by atoms with Crippen molar-refractivity contribution in [1.29, 1.82) is 0 Å². The Morgan fingerprint density at radius 2 is 2.12 bits per heavy atom. The van der Waals surface area contributed by atoms with Crippen LogP contribution in [-0.4, -0.2) is 53.2 Å². The lowest BCUT2D eigenvalue weighted by molar-refractivity contribution is 0.0988. The number of ether oxygens (including phenoxy) is 1. The first-order valence-corrected chi connectivity index (χ1v) is 10.8. The molecule has 0 unspecified atom stereocenters. The predicted molar refractivity (Wildman–Crippen MR) is 124 cm³/mol. The number of anilines is 1. The van der Waals surface area contributed by atoms with Crippen molar-refractivity contribution in [3.05, 3.63) is 71.3 Å². The van der Waals surface area contributed by atoms with Crippen LogP contribution in [-0.2, 0) is 6.42 Å². The fourth-order valence-electron chi connectivity index (χ4n) is 4.35. The molecule has 1 aliphatic heterocycles. The van der Waals surface area contributed by atoms with Gasteiger partial charge in [0.15, 0.2) is 11.6 Å². The van der Waals surface area contributed by atoms with Gasteiger partial charge in [0.2, 0.25) is 0 Å². The van der Waals surface area contributed by atoms with Crippen molar-refractivity contribution in [2.75, 3.05) is 25.2 Å². The molecule has 0 radical (unpaired) electrons. The zero-order valence-electron chi connectivity index (χ0n) is 18.7. The maximum absolute atomic E-state index is 14.5. The molecule has 3 aromatic rings. The lowest BCUT2D eigenvalue weighted by Crippen LogP contribution is -2.33. The monoisotopic (exact) mass is 450 g/mol. The van der Waals surface area contributed by atoms with Gasteiger partial charge < -0.3 is 20.5 Å². The van der Waals surface area contributed by atoms with Crippen LogP contribution in [0.3, 0.4) is 0 Å². The molecule has 1 aromatic heterocycles. The molecule has 1 fully saturated rings. The number of aliphatic hydroxyl groups excluding tert-OH is 1. The molecule has 3 N–H and O–H groups in total. The Bertz CT molecular complexity index is 1170. The van der Waals surface area contributed by atoms with E-state index in [0.29, 0.717) is 18.7 Å². The number of carbonyl (C=O) groups is 1. The highest BCUT2D eigenvalue weighted by Crippen LogP contribution is 2.32. The Morgan fingerprint density at radius 3 is 2.88 bits per heavy atom. The third kappa shape index (κ3) is 4.72. The maximum atomic E-state index is 14.5. The van der Waals surface area contributed by atoms with E-state index >= 15 is 0 Å². The molecule has 2 atom stereocenters. The number of hydrogen-bond acceptors (Lipinski definition) is 7. The smallest absolute Gasteiger partial charge is 0.185 e. The molecule has 33 heavy (non-hydrogen) atoms. The van der Waals surface area contributed by atoms with E-state index in [1.54, 1.807) is 6.07 Å². The van der Waals surface area contributed by atoms with Crippen LogP contribution in [0.4, 0.5) is 10.1 Å². The Hall–Kier alpha value is -3.36. The first-order chi connectivity index (χ1) is 15.9. The number of halogens is 1. The minimum atomic E-state index is -0.527. The number of methoxy groups -OCH3 is 1. The number of benzene rings is 2. The summed E-state index contributed by atoms with van der Waals surface area (Å²) in [5.74, 6) is -0.364. The molecule has 4 rings (SSSR count). The van der Waals surface area contributed by atoms with Crippen LogP contribution in [0.5, 0.6) is 5.75 Å². The standard InChI is InChI=1S/C25H27FN4O3/c1-15-6-7-21(30-13-17(27)12-18(30)14-31)16(10-15)11-22(32)20-8-9-28-25(29-20)24-19(26)4-3-5-23(24)33-2/h3-10,17-18,31H,11-14,27H2,1-2H3/t17-,18-/m0/s1. The van der Waals surface area contributed by atoms with E-state index < -0.39 is 5.82 Å². The van der Waals surface area contributed by atoms with Gasteiger partial charge in [0.25, 0.3) is 0 Å². The number of rotatable bonds is 7. The summed E-state index contributed by atoms with van der Waals surface area (Å²) in [5, 5.41) is 9.80. The van der Waals surface area contributed by atoms with E-state index in [1.807, 2.05) is 25.1 Å². The Balaban J connectivity index is 1.66. The van der Waals surface area contributed by atoms with Gasteiger partial charge in [0.1, 0.15) is 17.3 Å². The summed E-state index contributed by atoms with van der Waals surface area (Å²) in [6.07, 6.45) is 2.24. The molecule has 0 spiro atoms. The van der Waals surface area contributed by atoms with Crippen LogP contribution in [0.15, 0.2) is 48.7 Å². The van der Waals surface area contributed by atoms with Crippen molar-refractivity contribution in [3.8, 4) is 17.1 Å². The lowest BCUT2D eigenvalue weighted by atomic mass is 10.0. The van der Waals surface area contributed by atoms with Gasteiger partial charge in [0.05, 0.1) is 25.3 Å². The van der Waals surface area contributed by atoms with Gasteiger partial charge in [-0.2, -0.15) is 0 Å². The average molecular weight is 451 g/mol. The third-order valence-corrected chi connectivity index (χ3v) is 5.91. The number of aromatic nitrogens is 2. The van der Waals surface area contributed by atoms with Crippen molar-refractivity contribution in [2.24, 2.45) is 5.73 Å².